The van der Waals surface area contributed by atoms with Crippen molar-refractivity contribution >= 4 is 15.8 Å². The molecule has 0 aromatic rings. The van der Waals surface area contributed by atoms with Crippen LogP contribution in [0.4, 0.5) is 0 Å². The molecule has 0 aliphatic heterocycles. The van der Waals surface area contributed by atoms with E-state index >= 15 is 0 Å². The molecule has 0 saturated heterocycles. The van der Waals surface area contributed by atoms with Gasteiger partial charge in [0, 0.05) is 12.0 Å². The third kappa shape index (κ3) is 3.77. The van der Waals surface area contributed by atoms with Gasteiger partial charge in [-0.15, -0.1) is 0 Å². The van der Waals surface area contributed by atoms with Crippen molar-refractivity contribution in [2.75, 3.05) is 12.0 Å². The summed E-state index contributed by atoms with van der Waals surface area (Å²) in [5.74, 6) is -0.650. The molecule has 16 heavy (non-hydrogen) atoms. The Morgan fingerprint density at radius 3 is 2.25 bits per heavy atom. The smallest absolute Gasteiger partial charge is 0.309 e. The third-order valence-corrected chi connectivity index (χ3v) is 4.47. The lowest BCUT2D eigenvalue weighted by Crippen LogP contribution is -2.33. The Bertz CT molecular complexity index is 339. The molecule has 1 saturated carbocycles. The third-order valence-electron chi connectivity index (χ3n) is 3.43. The Kier molecular flexibility index (Phi) is 4.35. The van der Waals surface area contributed by atoms with Crippen molar-refractivity contribution in [1.82, 2.24) is 0 Å². The number of carbonyl (C=O) groups is 1. The highest BCUT2D eigenvalue weighted by atomic mass is 32.2. The second-order valence-electron chi connectivity index (χ2n) is 4.88. The first-order valence-corrected chi connectivity index (χ1v) is 7.83. The summed E-state index contributed by atoms with van der Waals surface area (Å²) in [5, 5.41) is 9.27. The van der Waals surface area contributed by atoms with Crippen LogP contribution in [-0.2, 0) is 14.6 Å². The molecule has 0 radical (unpaired) electrons. The first-order valence-electron chi connectivity index (χ1n) is 5.77. The maximum Gasteiger partial charge on any atom is 0.309 e. The zero-order valence-electron chi connectivity index (χ0n) is 9.74. The molecular weight excluding hydrogens is 228 g/mol. The van der Waals surface area contributed by atoms with E-state index in [0.717, 1.165) is 19.3 Å². The van der Waals surface area contributed by atoms with Crippen LogP contribution in [0, 0.1) is 5.41 Å². The molecule has 5 heteroatoms. The first kappa shape index (κ1) is 13.5. The molecule has 0 amide bonds. The lowest BCUT2D eigenvalue weighted by molar-refractivity contribution is -0.151. The molecule has 0 aromatic carbocycles. The van der Waals surface area contributed by atoms with Crippen molar-refractivity contribution in [2.45, 2.75) is 44.9 Å². The van der Waals surface area contributed by atoms with Gasteiger partial charge in [0.25, 0.3) is 0 Å². The average Bonchev–Trinajstić information content (AvgIpc) is 2.17. The van der Waals surface area contributed by atoms with Crippen molar-refractivity contribution in [1.29, 1.82) is 0 Å². The number of hydrogen-bond acceptors (Lipinski definition) is 3. The summed E-state index contributed by atoms with van der Waals surface area (Å²) >= 11 is 0. The van der Waals surface area contributed by atoms with Crippen LogP contribution in [0.2, 0.25) is 0 Å². The van der Waals surface area contributed by atoms with E-state index in [-0.39, 0.29) is 5.75 Å². The molecule has 0 atom stereocenters. The Balaban J connectivity index is 2.55. The van der Waals surface area contributed by atoms with E-state index in [1.54, 1.807) is 0 Å². The van der Waals surface area contributed by atoms with Gasteiger partial charge in [-0.1, -0.05) is 19.3 Å². The van der Waals surface area contributed by atoms with E-state index in [0.29, 0.717) is 25.7 Å². The molecule has 94 valence electrons. The summed E-state index contributed by atoms with van der Waals surface area (Å²) in [6.07, 6.45) is 6.55. The number of carboxylic acids is 1. The van der Waals surface area contributed by atoms with Crippen LogP contribution in [0.1, 0.15) is 44.9 Å². The highest BCUT2D eigenvalue weighted by Crippen LogP contribution is 2.40. The topological polar surface area (TPSA) is 71.4 Å². The molecule has 0 unspecified atom stereocenters. The van der Waals surface area contributed by atoms with E-state index in [4.69, 9.17) is 0 Å². The Morgan fingerprint density at radius 2 is 1.81 bits per heavy atom. The van der Waals surface area contributed by atoms with E-state index < -0.39 is 21.2 Å². The van der Waals surface area contributed by atoms with Crippen LogP contribution >= 0.6 is 0 Å². The fraction of sp³-hybridized carbons (Fsp3) is 0.909. The minimum atomic E-state index is -2.97. The molecule has 0 bridgehead atoms. The molecule has 0 spiro atoms. The van der Waals surface area contributed by atoms with Gasteiger partial charge in [0.05, 0.1) is 5.41 Å². The van der Waals surface area contributed by atoms with Gasteiger partial charge in [0.1, 0.15) is 9.84 Å². The van der Waals surface area contributed by atoms with Gasteiger partial charge in [-0.05, 0) is 25.7 Å². The fourth-order valence-corrected chi connectivity index (χ4v) is 3.14. The normalized spacial score (nSPS) is 20.6. The summed E-state index contributed by atoms with van der Waals surface area (Å²) in [6, 6.07) is 0. The molecule has 0 heterocycles. The van der Waals surface area contributed by atoms with E-state index in [9.17, 15) is 18.3 Å². The predicted octanol–water partition coefficient (Wildman–Crippen LogP) is 1.85. The maximum absolute atomic E-state index is 11.3. The average molecular weight is 248 g/mol. The van der Waals surface area contributed by atoms with Gasteiger partial charge in [0.2, 0.25) is 0 Å². The molecule has 1 fully saturated rings. The molecule has 4 nitrogen and oxygen atoms in total. The molecule has 0 aromatic heterocycles. The quantitative estimate of drug-likeness (QED) is 0.806. The van der Waals surface area contributed by atoms with Gasteiger partial charge < -0.3 is 5.11 Å². The Labute approximate surface area is 97.0 Å². The molecular formula is C11H20O4S. The van der Waals surface area contributed by atoms with E-state index in [1.807, 2.05) is 0 Å². The minimum Gasteiger partial charge on any atom is -0.481 e. The summed E-state index contributed by atoms with van der Waals surface area (Å²) in [7, 11) is -2.97. The Hall–Kier alpha value is -0.580. The molecule has 1 N–H and O–H groups in total. The molecule has 1 aliphatic rings. The van der Waals surface area contributed by atoms with Crippen LogP contribution in [-0.4, -0.2) is 31.5 Å². The number of aliphatic carboxylic acids is 1. The first-order chi connectivity index (χ1) is 7.36. The fourth-order valence-electron chi connectivity index (χ4n) is 2.47. The van der Waals surface area contributed by atoms with Gasteiger partial charge in [-0.2, -0.15) is 0 Å². The van der Waals surface area contributed by atoms with Gasteiger partial charge in [-0.3, -0.25) is 4.79 Å². The second kappa shape index (κ2) is 5.17. The maximum atomic E-state index is 11.3. The van der Waals surface area contributed by atoms with Crippen LogP contribution in [0.3, 0.4) is 0 Å². The van der Waals surface area contributed by atoms with Crippen molar-refractivity contribution in [3.05, 3.63) is 0 Å². The molecule has 1 aliphatic carbocycles. The highest BCUT2D eigenvalue weighted by molar-refractivity contribution is 7.90. The predicted molar refractivity (Wildman–Crippen MR) is 62.1 cm³/mol. The number of sulfone groups is 1. The van der Waals surface area contributed by atoms with Gasteiger partial charge in [-0.25, -0.2) is 8.42 Å². The zero-order chi connectivity index (χ0) is 12.2. The highest BCUT2D eigenvalue weighted by Gasteiger charge is 2.38. The number of carboxylic acid groups (broad SMARTS) is 1. The van der Waals surface area contributed by atoms with Crippen molar-refractivity contribution in [2.24, 2.45) is 5.41 Å². The zero-order valence-corrected chi connectivity index (χ0v) is 10.6. The lowest BCUT2D eigenvalue weighted by Gasteiger charge is -2.33. The number of hydrogen-bond donors (Lipinski definition) is 1. The van der Waals surface area contributed by atoms with Crippen molar-refractivity contribution in [3.8, 4) is 0 Å². The largest absolute Gasteiger partial charge is 0.481 e. The Morgan fingerprint density at radius 1 is 1.25 bits per heavy atom. The van der Waals surface area contributed by atoms with Crippen LogP contribution in [0.5, 0.6) is 0 Å². The summed E-state index contributed by atoms with van der Waals surface area (Å²) in [4.78, 5) is 11.3. The van der Waals surface area contributed by atoms with Gasteiger partial charge >= 0.3 is 5.97 Å². The van der Waals surface area contributed by atoms with E-state index in [1.165, 1.54) is 6.26 Å². The summed E-state index contributed by atoms with van der Waals surface area (Å²) in [6.45, 7) is 0. The second-order valence-corrected chi connectivity index (χ2v) is 7.14. The van der Waals surface area contributed by atoms with Crippen molar-refractivity contribution < 1.29 is 18.3 Å². The van der Waals surface area contributed by atoms with Crippen LogP contribution < -0.4 is 0 Å². The minimum absolute atomic E-state index is 0.0992. The lowest BCUT2D eigenvalue weighted by atomic mass is 9.71. The van der Waals surface area contributed by atoms with E-state index in [2.05, 4.69) is 0 Å². The monoisotopic (exact) mass is 248 g/mol. The SMILES string of the molecule is CS(=O)(=O)CCCC1(C(=O)O)CCCCC1. The number of rotatable bonds is 5. The summed E-state index contributed by atoms with van der Waals surface area (Å²) in [5.41, 5.74) is -0.650. The summed E-state index contributed by atoms with van der Waals surface area (Å²) < 4.78 is 22.0. The standard InChI is InChI=1S/C11H20O4S/c1-16(14,15)9-5-8-11(10(12)13)6-3-2-4-7-11/h2-9H2,1H3,(H,12,13). The molecule has 1 rings (SSSR count). The van der Waals surface area contributed by atoms with Gasteiger partial charge in [0.15, 0.2) is 0 Å². The van der Waals surface area contributed by atoms with Crippen LogP contribution in [0.15, 0.2) is 0 Å². The van der Waals surface area contributed by atoms with Crippen molar-refractivity contribution in [3.63, 3.8) is 0 Å². The van der Waals surface area contributed by atoms with Crippen LogP contribution in [0.25, 0.3) is 0 Å².